The first-order chi connectivity index (χ1) is 16.2. The Morgan fingerprint density at radius 3 is 2.50 bits per heavy atom. The first-order valence-electron chi connectivity index (χ1n) is 10.1. The topological polar surface area (TPSA) is 75.7 Å². The molecule has 4 amide bonds. The Bertz CT molecular complexity index is 1340. The molecule has 0 unspecified atom stereocenters. The van der Waals surface area contributed by atoms with Crippen LogP contribution in [0.25, 0.3) is 6.08 Å². The fraction of sp³-hybridized carbons (Fsp3) is 0.0800. The predicted octanol–water partition coefficient (Wildman–Crippen LogP) is 5.80. The second kappa shape index (κ2) is 9.79. The Morgan fingerprint density at radius 1 is 1.06 bits per heavy atom. The minimum atomic E-state index is -0.844. The lowest BCUT2D eigenvalue weighted by Gasteiger charge is -2.27. The predicted molar refractivity (Wildman–Crippen MR) is 130 cm³/mol. The van der Waals surface area contributed by atoms with Gasteiger partial charge in [0.1, 0.15) is 23.7 Å². The summed E-state index contributed by atoms with van der Waals surface area (Å²) in [5.41, 5.74) is 2.07. The molecule has 0 spiro atoms. The minimum absolute atomic E-state index is 0.203. The van der Waals surface area contributed by atoms with E-state index >= 15 is 0 Å². The van der Waals surface area contributed by atoms with E-state index in [4.69, 9.17) is 16.3 Å². The van der Waals surface area contributed by atoms with Crippen LogP contribution in [0, 0.1) is 12.7 Å². The number of urea groups is 1. The van der Waals surface area contributed by atoms with Gasteiger partial charge in [-0.2, -0.15) is 0 Å². The minimum Gasteiger partial charge on any atom is -0.488 e. The van der Waals surface area contributed by atoms with E-state index < -0.39 is 17.8 Å². The lowest BCUT2D eigenvalue weighted by atomic mass is 10.1. The Hall–Kier alpha value is -3.49. The third-order valence-electron chi connectivity index (χ3n) is 5.09. The summed E-state index contributed by atoms with van der Waals surface area (Å²) < 4.78 is 19.4. The van der Waals surface area contributed by atoms with Crippen molar-refractivity contribution in [1.29, 1.82) is 0 Å². The number of carbonyl (C=O) groups is 3. The summed E-state index contributed by atoms with van der Waals surface area (Å²) in [6.07, 6.45) is 1.39. The molecule has 1 heterocycles. The normalized spacial score (nSPS) is 15.0. The Balaban J connectivity index is 1.58. The molecule has 34 heavy (non-hydrogen) atoms. The Labute approximate surface area is 208 Å². The van der Waals surface area contributed by atoms with Gasteiger partial charge in [-0.05, 0) is 82.0 Å². The van der Waals surface area contributed by atoms with Crippen molar-refractivity contribution in [2.24, 2.45) is 0 Å². The van der Waals surface area contributed by atoms with Crippen LogP contribution in [0.4, 0.5) is 14.9 Å². The highest BCUT2D eigenvalue weighted by Gasteiger charge is 2.37. The largest absolute Gasteiger partial charge is 0.488 e. The number of anilines is 1. The molecule has 9 heteroatoms. The molecule has 0 atom stereocenters. The van der Waals surface area contributed by atoms with Crippen LogP contribution in [0.3, 0.4) is 0 Å². The summed E-state index contributed by atoms with van der Waals surface area (Å²) in [6.45, 7) is 1.96. The quantitative estimate of drug-likeness (QED) is 0.326. The number of hydrogen-bond donors (Lipinski definition) is 1. The number of nitrogens with zero attached hydrogens (tertiary/aromatic N) is 1. The molecule has 172 valence electrons. The van der Waals surface area contributed by atoms with Crippen molar-refractivity contribution in [2.75, 3.05) is 4.90 Å². The second-order valence-corrected chi connectivity index (χ2v) is 8.78. The number of ether oxygens (including phenoxy) is 1. The van der Waals surface area contributed by atoms with E-state index in [1.165, 1.54) is 24.3 Å². The van der Waals surface area contributed by atoms with Gasteiger partial charge in [0, 0.05) is 5.02 Å². The summed E-state index contributed by atoms with van der Waals surface area (Å²) in [7, 11) is 0. The van der Waals surface area contributed by atoms with Gasteiger partial charge in [-0.1, -0.05) is 35.9 Å². The number of imide groups is 2. The number of nitrogens with one attached hydrogen (secondary N) is 1. The van der Waals surface area contributed by atoms with Gasteiger partial charge < -0.3 is 4.74 Å². The van der Waals surface area contributed by atoms with Crippen molar-refractivity contribution in [3.63, 3.8) is 0 Å². The van der Waals surface area contributed by atoms with Crippen LogP contribution in [-0.2, 0) is 16.2 Å². The summed E-state index contributed by atoms with van der Waals surface area (Å²) in [5.74, 6) is -1.35. The van der Waals surface area contributed by atoms with Gasteiger partial charge >= 0.3 is 6.03 Å². The number of halogens is 3. The highest BCUT2D eigenvalue weighted by atomic mass is 79.9. The molecule has 3 aromatic rings. The lowest BCUT2D eigenvalue weighted by Crippen LogP contribution is -2.54. The molecule has 1 aliphatic rings. The summed E-state index contributed by atoms with van der Waals surface area (Å²) in [6, 6.07) is 15.0. The molecule has 1 fully saturated rings. The van der Waals surface area contributed by atoms with Gasteiger partial charge in [0.2, 0.25) is 0 Å². The zero-order valence-corrected chi connectivity index (χ0v) is 20.1. The Kier molecular flexibility index (Phi) is 6.81. The molecular weight excluding hydrogens is 527 g/mol. The second-order valence-electron chi connectivity index (χ2n) is 7.49. The van der Waals surface area contributed by atoms with E-state index in [0.717, 1.165) is 10.5 Å². The van der Waals surface area contributed by atoms with Crippen LogP contribution in [0.2, 0.25) is 5.02 Å². The van der Waals surface area contributed by atoms with Gasteiger partial charge in [-0.25, -0.2) is 14.1 Å². The Morgan fingerprint density at radius 2 is 1.79 bits per heavy atom. The van der Waals surface area contributed by atoms with E-state index in [0.29, 0.717) is 32.1 Å². The summed E-state index contributed by atoms with van der Waals surface area (Å²) in [5, 5.41) is 2.55. The fourth-order valence-electron chi connectivity index (χ4n) is 3.33. The highest BCUT2D eigenvalue weighted by Crippen LogP contribution is 2.30. The molecule has 4 rings (SSSR count). The molecular formula is C25H17BrClFN2O4. The number of benzene rings is 3. The monoisotopic (exact) mass is 542 g/mol. The number of amides is 4. The van der Waals surface area contributed by atoms with E-state index in [9.17, 15) is 18.8 Å². The standard InChI is InChI=1S/C25H17BrClFN2O4/c1-14-2-6-17(27)12-21(14)30-24(32)19(23(31)29-25(30)33)10-16-5-9-22(20(26)11-16)34-13-15-3-7-18(28)8-4-15/h2-12H,13H2,1H3,(H,29,31,33)/b19-10+. The van der Waals surface area contributed by atoms with Crippen molar-refractivity contribution in [1.82, 2.24) is 5.32 Å². The molecule has 0 aliphatic carbocycles. The smallest absolute Gasteiger partial charge is 0.335 e. The molecule has 0 bridgehead atoms. The fourth-order valence-corrected chi connectivity index (χ4v) is 4.01. The number of hydrogen-bond acceptors (Lipinski definition) is 4. The first-order valence-corrected chi connectivity index (χ1v) is 11.2. The maximum Gasteiger partial charge on any atom is 0.335 e. The maximum absolute atomic E-state index is 13.1. The molecule has 3 aromatic carbocycles. The maximum atomic E-state index is 13.1. The van der Waals surface area contributed by atoms with Gasteiger partial charge in [0.25, 0.3) is 11.8 Å². The third kappa shape index (κ3) is 5.03. The zero-order valence-electron chi connectivity index (χ0n) is 17.8. The van der Waals surface area contributed by atoms with Crippen molar-refractivity contribution in [3.05, 3.63) is 98.2 Å². The average molecular weight is 544 g/mol. The number of rotatable bonds is 5. The lowest BCUT2D eigenvalue weighted by molar-refractivity contribution is -0.122. The number of carbonyl (C=O) groups excluding carboxylic acids is 3. The van der Waals surface area contributed by atoms with Crippen molar-refractivity contribution in [2.45, 2.75) is 13.5 Å². The molecule has 0 radical (unpaired) electrons. The van der Waals surface area contributed by atoms with Gasteiger partial charge in [0.15, 0.2) is 0 Å². The van der Waals surface area contributed by atoms with Crippen LogP contribution >= 0.6 is 27.5 Å². The van der Waals surface area contributed by atoms with Crippen LogP contribution in [-0.4, -0.2) is 17.8 Å². The molecule has 0 aromatic heterocycles. The summed E-state index contributed by atoms with van der Waals surface area (Å²) in [4.78, 5) is 38.9. The number of aryl methyl sites for hydroxylation is 1. The van der Waals surface area contributed by atoms with E-state index in [2.05, 4.69) is 21.2 Å². The zero-order chi connectivity index (χ0) is 24.4. The SMILES string of the molecule is Cc1ccc(Cl)cc1N1C(=O)NC(=O)/C(=C\c2ccc(OCc3ccc(F)cc3)c(Br)c2)C1=O. The van der Waals surface area contributed by atoms with Crippen LogP contribution in [0.5, 0.6) is 5.75 Å². The van der Waals surface area contributed by atoms with Crippen LogP contribution < -0.4 is 15.0 Å². The summed E-state index contributed by atoms with van der Waals surface area (Å²) >= 11 is 9.47. The highest BCUT2D eigenvalue weighted by molar-refractivity contribution is 9.10. The molecule has 1 aliphatic heterocycles. The van der Waals surface area contributed by atoms with Crippen molar-refractivity contribution < 1.29 is 23.5 Å². The molecule has 0 saturated carbocycles. The van der Waals surface area contributed by atoms with E-state index in [-0.39, 0.29) is 18.0 Å². The van der Waals surface area contributed by atoms with Gasteiger partial charge in [-0.3, -0.25) is 14.9 Å². The first kappa shape index (κ1) is 23.7. The van der Waals surface area contributed by atoms with E-state index in [1.807, 2.05) is 0 Å². The van der Waals surface area contributed by atoms with Gasteiger partial charge in [-0.15, -0.1) is 0 Å². The van der Waals surface area contributed by atoms with Crippen molar-refractivity contribution >= 4 is 57.1 Å². The number of barbiturate groups is 1. The molecule has 1 saturated heterocycles. The molecule has 1 N–H and O–H groups in total. The molecule has 6 nitrogen and oxygen atoms in total. The van der Waals surface area contributed by atoms with Crippen molar-refractivity contribution in [3.8, 4) is 5.75 Å². The van der Waals surface area contributed by atoms with Gasteiger partial charge in [0.05, 0.1) is 10.2 Å². The van der Waals surface area contributed by atoms with Crippen LogP contribution in [0.15, 0.2) is 70.7 Å². The van der Waals surface area contributed by atoms with Crippen LogP contribution in [0.1, 0.15) is 16.7 Å². The van der Waals surface area contributed by atoms with E-state index in [1.54, 1.807) is 49.4 Å². The third-order valence-corrected chi connectivity index (χ3v) is 5.94. The average Bonchev–Trinajstić information content (AvgIpc) is 2.79.